The second-order valence-corrected chi connectivity index (χ2v) is 6.09. The third-order valence-electron chi connectivity index (χ3n) is 4.68. The highest BCUT2D eigenvalue weighted by molar-refractivity contribution is 5.91. The predicted molar refractivity (Wildman–Crippen MR) is 84.2 cm³/mol. The molecule has 1 N–H and O–H groups in total. The molecule has 1 saturated heterocycles. The van der Waals surface area contributed by atoms with Crippen LogP contribution in [-0.2, 0) is 9.59 Å². The average Bonchev–Trinajstić information content (AvgIpc) is 3.15. The van der Waals surface area contributed by atoms with Crippen LogP contribution in [0.25, 0.3) is 0 Å². The lowest BCUT2D eigenvalue weighted by Crippen LogP contribution is -2.53. The lowest BCUT2D eigenvalue weighted by atomic mass is 9.82. The van der Waals surface area contributed by atoms with Crippen molar-refractivity contribution in [1.29, 1.82) is 0 Å². The molecule has 24 heavy (non-hydrogen) atoms. The predicted octanol–water partition coefficient (Wildman–Crippen LogP) is 1.23. The van der Waals surface area contributed by atoms with Gasteiger partial charge in [-0.15, -0.1) is 0 Å². The van der Waals surface area contributed by atoms with Crippen LogP contribution in [0.5, 0.6) is 0 Å². The zero-order valence-electron chi connectivity index (χ0n) is 13.3. The maximum Gasteiger partial charge on any atom is 0.307 e. The first kappa shape index (κ1) is 16.3. The summed E-state index contributed by atoms with van der Waals surface area (Å²) in [5.74, 6) is -2.12. The molecule has 0 bridgehead atoms. The fourth-order valence-electron chi connectivity index (χ4n) is 3.28. The van der Waals surface area contributed by atoms with E-state index in [1.165, 1.54) is 6.26 Å². The molecule has 0 aromatic carbocycles. The summed E-state index contributed by atoms with van der Waals surface area (Å²) < 4.78 is 5.11. The third kappa shape index (κ3) is 3.20. The minimum atomic E-state index is -0.927. The van der Waals surface area contributed by atoms with Gasteiger partial charge in [-0.05, 0) is 25.0 Å². The molecule has 2 amide bonds. The van der Waals surface area contributed by atoms with Crippen molar-refractivity contribution >= 4 is 17.8 Å². The Morgan fingerprint density at radius 3 is 2.21 bits per heavy atom. The minimum absolute atomic E-state index is 0.128. The first-order valence-electron chi connectivity index (χ1n) is 8.07. The molecule has 3 rings (SSSR count). The van der Waals surface area contributed by atoms with Crippen LogP contribution < -0.4 is 0 Å². The van der Waals surface area contributed by atoms with Crippen LogP contribution >= 0.6 is 0 Å². The molecule has 7 nitrogen and oxygen atoms in total. The highest BCUT2D eigenvalue weighted by Gasteiger charge is 2.37. The molecule has 128 valence electrons. The van der Waals surface area contributed by atoms with Crippen LogP contribution in [0.3, 0.4) is 0 Å². The zero-order valence-corrected chi connectivity index (χ0v) is 13.3. The first-order chi connectivity index (χ1) is 11.6. The van der Waals surface area contributed by atoms with Crippen molar-refractivity contribution in [1.82, 2.24) is 9.80 Å². The van der Waals surface area contributed by atoms with Crippen LogP contribution in [-0.4, -0.2) is 58.9 Å². The molecule has 2 atom stereocenters. The van der Waals surface area contributed by atoms with Crippen LogP contribution in [0, 0.1) is 11.8 Å². The molecule has 7 heteroatoms. The van der Waals surface area contributed by atoms with Crippen molar-refractivity contribution in [2.24, 2.45) is 11.8 Å². The normalized spacial score (nSPS) is 24.0. The fourth-order valence-corrected chi connectivity index (χ4v) is 3.28. The van der Waals surface area contributed by atoms with Gasteiger partial charge in [-0.1, -0.05) is 12.2 Å². The number of carbonyl (C=O) groups is 3. The van der Waals surface area contributed by atoms with Crippen molar-refractivity contribution in [2.45, 2.75) is 12.8 Å². The maximum atomic E-state index is 12.7. The Balaban J connectivity index is 1.60. The van der Waals surface area contributed by atoms with E-state index in [0.717, 1.165) is 0 Å². The summed E-state index contributed by atoms with van der Waals surface area (Å²) in [5.41, 5.74) is 0. The molecule has 0 unspecified atom stereocenters. The molecular formula is C17H20N2O5. The summed E-state index contributed by atoms with van der Waals surface area (Å²) >= 11 is 0. The molecule has 1 aliphatic carbocycles. The molecule has 2 heterocycles. The molecule has 1 aromatic rings. The highest BCUT2D eigenvalue weighted by Crippen LogP contribution is 2.28. The summed E-state index contributed by atoms with van der Waals surface area (Å²) in [6.45, 7) is 1.67. The van der Waals surface area contributed by atoms with E-state index in [9.17, 15) is 19.5 Å². The van der Waals surface area contributed by atoms with Gasteiger partial charge in [0.2, 0.25) is 5.91 Å². The molecule has 1 aliphatic heterocycles. The van der Waals surface area contributed by atoms with E-state index >= 15 is 0 Å². The average molecular weight is 332 g/mol. The largest absolute Gasteiger partial charge is 0.481 e. The topological polar surface area (TPSA) is 91.1 Å². The van der Waals surface area contributed by atoms with Crippen LogP contribution in [0.1, 0.15) is 23.4 Å². The summed E-state index contributed by atoms with van der Waals surface area (Å²) in [6.07, 6.45) is 6.00. The van der Waals surface area contributed by atoms with Crippen molar-refractivity contribution in [3.05, 3.63) is 36.3 Å². The number of aliphatic carboxylic acids is 1. The monoisotopic (exact) mass is 332 g/mol. The van der Waals surface area contributed by atoms with Gasteiger partial charge in [-0.25, -0.2) is 0 Å². The van der Waals surface area contributed by atoms with Gasteiger partial charge in [0.25, 0.3) is 5.91 Å². The number of furan rings is 1. The van der Waals surface area contributed by atoms with Crippen LogP contribution in [0.15, 0.2) is 35.0 Å². The van der Waals surface area contributed by atoms with Crippen molar-refractivity contribution in [3.8, 4) is 0 Å². The number of hydrogen-bond acceptors (Lipinski definition) is 4. The number of hydrogen-bond donors (Lipinski definition) is 1. The van der Waals surface area contributed by atoms with Gasteiger partial charge in [0.15, 0.2) is 5.76 Å². The Morgan fingerprint density at radius 1 is 1.00 bits per heavy atom. The molecule has 1 fully saturated rings. The smallest absolute Gasteiger partial charge is 0.307 e. The van der Waals surface area contributed by atoms with Gasteiger partial charge in [0.05, 0.1) is 18.1 Å². The lowest BCUT2D eigenvalue weighted by Gasteiger charge is -2.37. The number of carboxylic acids is 1. The van der Waals surface area contributed by atoms with Gasteiger partial charge in [-0.3, -0.25) is 14.4 Å². The Morgan fingerprint density at radius 2 is 1.62 bits per heavy atom. The van der Waals surface area contributed by atoms with Gasteiger partial charge in [0.1, 0.15) is 0 Å². The second kappa shape index (κ2) is 6.90. The van der Waals surface area contributed by atoms with E-state index in [1.807, 2.05) is 12.2 Å². The molecule has 0 spiro atoms. The number of piperazine rings is 1. The maximum absolute atomic E-state index is 12.7. The fraction of sp³-hybridized carbons (Fsp3) is 0.471. The molecule has 2 aliphatic rings. The SMILES string of the molecule is O=C(O)[C@H]1CC=CC[C@@H]1C(=O)N1CCN(C(=O)c2ccco2)CC1. The van der Waals surface area contributed by atoms with Gasteiger partial charge in [-0.2, -0.15) is 0 Å². The highest BCUT2D eigenvalue weighted by atomic mass is 16.4. The van der Waals surface area contributed by atoms with Gasteiger partial charge in [0, 0.05) is 26.2 Å². The second-order valence-electron chi connectivity index (χ2n) is 6.09. The summed E-state index contributed by atoms with van der Waals surface area (Å²) in [7, 11) is 0. The third-order valence-corrected chi connectivity index (χ3v) is 4.68. The Bertz CT molecular complexity index is 644. The van der Waals surface area contributed by atoms with Gasteiger partial charge < -0.3 is 19.3 Å². The van der Waals surface area contributed by atoms with E-state index < -0.39 is 17.8 Å². The Labute approximate surface area is 139 Å². The molecular weight excluding hydrogens is 312 g/mol. The number of amides is 2. The summed E-state index contributed by atoms with van der Waals surface area (Å²) in [6, 6.07) is 3.28. The number of carbonyl (C=O) groups excluding carboxylic acids is 2. The Kier molecular flexibility index (Phi) is 4.69. The first-order valence-corrected chi connectivity index (χ1v) is 8.07. The van der Waals surface area contributed by atoms with Crippen molar-refractivity contribution in [2.75, 3.05) is 26.2 Å². The van der Waals surface area contributed by atoms with E-state index in [0.29, 0.717) is 39.0 Å². The quantitative estimate of drug-likeness (QED) is 0.841. The van der Waals surface area contributed by atoms with E-state index in [1.54, 1.807) is 21.9 Å². The summed E-state index contributed by atoms with van der Waals surface area (Å²) in [5, 5.41) is 9.31. The van der Waals surface area contributed by atoms with E-state index in [-0.39, 0.29) is 17.6 Å². The van der Waals surface area contributed by atoms with E-state index in [2.05, 4.69) is 0 Å². The minimum Gasteiger partial charge on any atom is -0.481 e. The molecule has 0 saturated carbocycles. The van der Waals surface area contributed by atoms with Crippen molar-refractivity contribution in [3.63, 3.8) is 0 Å². The Hall–Kier alpha value is -2.57. The van der Waals surface area contributed by atoms with E-state index in [4.69, 9.17) is 4.42 Å². The number of rotatable bonds is 3. The molecule has 0 radical (unpaired) electrons. The number of allylic oxidation sites excluding steroid dienone is 2. The number of carboxylic acid groups (broad SMARTS) is 1. The number of nitrogens with zero attached hydrogens (tertiary/aromatic N) is 2. The molecule has 1 aromatic heterocycles. The van der Waals surface area contributed by atoms with Crippen LogP contribution in [0.4, 0.5) is 0 Å². The lowest BCUT2D eigenvalue weighted by molar-refractivity contribution is -0.151. The van der Waals surface area contributed by atoms with Gasteiger partial charge >= 0.3 is 5.97 Å². The zero-order chi connectivity index (χ0) is 17.1. The summed E-state index contributed by atoms with van der Waals surface area (Å²) in [4.78, 5) is 39.6. The van der Waals surface area contributed by atoms with Crippen molar-refractivity contribution < 1.29 is 23.9 Å². The standard InChI is InChI=1S/C17H20N2O5/c20-15(12-4-1-2-5-13(12)17(22)23)18-7-9-19(10-8-18)16(21)14-6-3-11-24-14/h1-3,6,11-13H,4-5,7-10H2,(H,22,23)/t12-,13-/m0/s1. The van der Waals surface area contributed by atoms with Crippen LogP contribution in [0.2, 0.25) is 0 Å².